The van der Waals surface area contributed by atoms with Crippen LogP contribution in [0.4, 0.5) is 13.2 Å². The van der Waals surface area contributed by atoms with Gasteiger partial charge >= 0.3 is 6.36 Å². The summed E-state index contributed by atoms with van der Waals surface area (Å²) >= 11 is 0. The minimum atomic E-state index is -4.70. The van der Waals surface area contributed by atoms with Gasteiger partial charge in [-0.2, -0.15) is 5.10 Å². The summed E-state index contributed by atoms with van der Waals surface area (Å²) in [7, 11) is 0. The van der Waals surface area contributed by atoms with Gasteiger partial charge < -0.3 is 4.74 Å². The predicted octanol–water partition coefficient (Wildman–Crippen LogP) is 4.84. The van der Waals surface area contributed by atoms with E-state index in [1.807, 2.05) is 36.7 Å². The first-order chi connectivity index (χ1) is 11.9. The number of aryl methyl sites for hydroxylation is 2. The third-order valence-corrected chi connectivity index (χ3v) is 3.72. The first-order valence-corrected chi connectivity index (χ1v) is 7.73. The Hall–Kier alpha value is -2.83. The highest BCUT2D eigenvalue weighted by Crippen LogP contribution is 2.28. The minimum Gasteiger partial charge on any atom is -0.406 e. The van der Waals surface area contributed by atoms with E-state index >= 15 is 0 Å². The molecule has 0 spiro atoms. The Kier molecular flexibility index (Phi) is 4.48. The summed E-state index contributed by atoms with van der Waals surface area (Å²) in [5.41, 5.74) is 4.14. The van der Waals surface area contributed by atoms with Crippen molar-refractivity contribution >= 4 is 0 Å². The van der Waals surface area contributed by atoms with Gasteiger partial charge in [-0.05, 0) is 56.3 Å². The van der Waals surface area contributed by atoms with Crippen molar-refractivity contribution in [2.75, 3.05) is 0 Å². The zero-order valence-corrected chi connectivity index (χ0v) is 13.7. The maximum atomic E-state index is 12.2. The molecule has 0 unspecified atom stereocenters. The van der Waals surface area contributed by atoms with E-state index in [-0.39, 0.29) is 5.75 Å². The molecular weight excluding hydrogens is 331 g/mol. The van der Waals surface area contributed by atoms with Gasteiger partial charge in [0.2, 0.25) is 0 Å². The lowest BCUT2D eigenvalue weighted by molar-refractivity contribution is -0.274. The summed E-state index contributed by atoms with van der Waals surface area (Å²) in [6, 6.07) is 11.3. The summed E-state index contributed by atoms with van der Waals surface area (Å²) in [4.78, 5) is 4.29. The van der Waals surface area contributed by atoms with E-state index in [1.54, 1.807) is 18.3 Å². The number of benzene rings is 1. The highest BCUT2D eigenvalue weighted by Gasteiger charge is 2.30. The van der Waals surface area contributed by atoms with E-state index in [2.05, 4.69) is 14.8 Å². The molecule has 0 bridgehead atoms. The number of rotatable bonds is 4. The molecule has 0 amide bonds. The van der Waals surface area contributed by atoms with Crippen molar-refractivity contribution in [1.29, 1.82) is 0 Å². The fourth-order valence-corrected chi connectivity index (χ4v) is 2.55. The largest absolute Gasteiger partial charge is 0.573 e. The Balaban J connectivity index is 1.88. The monoisotopic (exact) mass is 347 g/mol. The molecule has 2 aromatic heterocycles. The lowest BCUT2D eigenvalue weighted by atomic mass is 10.1. The number of halogens is 3. The van der Waals surface area contributed by atoms with E-state index in [1.165, 1.54) is 12.1 Å². The van der Waals surface area contributed by atoms with Gasteiger partial charge in [0.25, 0.3) is 0 Å². The van der Waals surface area contributed by atoms with Crippen LogP contribution in [0.5, 0.6) is 5.75 Å². The van der Waals surface area contributed by atoms with Crippen LogP contribution in [-0.2, 0) is 6.54 Å². The van der Waals surface area contributed by atoms with Gasteiger partial charge in [0.15, 0.2) is 0 Å². The van der Waals surface area contributed by atoms with Crippen molar-refractivity contribution in [3.05, 3.63) is 54.4 Å². The fourth-order valence-electron chi connectivity index (χ4n) is 2.55. The normalized spacial score (nSPS) is 11.6. The SMILES string of the molecule is CCn1nc(-c2ccnc(-c3ccc(OC(F)(F)F)cc3)c2)cc1C. The van der Waals surface area contributed by atoms with Crippen molar-refractivity contribution in [2.45, 2.75) is 26.8 Å². The van der Waals surface area contributed by atoms with Gasteiger partial charge in [-0.1, -0.05) is 0 Å². The van der Waals surface area contributed by atoms with Crippen LogP contribution in [0.1, 0.15) is 12.6 Å². The Labute approximate surface area is 142 Å². The molecule has 0 fully saturated rings. The number of hydrogen-bond donors (Lipinski definition) is 0. The molecule has 7 heteroatoms. The van der Waals surface area contributed by atoms with Crippen LogP contribution in [0.3, 0.4) is 0 Å². The number of ether oxygens (including phenoxy) is 1. The molecule has 25 heavy (non-hydrogen) atoms. The summed E-state index contributed by atoms with van der Waals surface area (Å²) < 4.78 is 42.5. The van der Waals surface area contributed by atoms with Gasteiger partial charge in [0.05, 0.1) is 11.4 Å². The number of pyridine rings is 1. The molecule has 130 valence electrons. The molecular formula is C18H16F3N3O. The third kappa shape index (κ3) is 3.99. The molecule has 2 heterocycles. The zero-order valence-electron chi connectivity index (χ0n) is 13.7. The van der Waals surface area contributed by atoms with Crippen molar-refractivity contribution in [3.63, 3.8) is 0 Å². The minimum absolute atomic E-state index is 0.260. The summed E-state index contributed by atoms with van der Waals surface area (Å²) in [5.74, 6) is -0.260. The van der Waals surface area contributed by atoms with E-state index in [0.29, 0.717) is 11.3 Å². The van der Waals surface area contributed by atoms with Crippen LogP contribution in [0.2, 0.25) is 0 Å². The molecule has 1 aromatic carbocycles. The second-order valence-electron chi connectivity index (χ2n) is 5.49. The first kappa shape index (κ1) is 17.0. The molecule has 0 N–H and O–H groups in total. The van der Waals surface area contributed by atoms with E-state index < -0.39 is 6.36 Å². The number of aromatic nitrogens is 3. The molecule has 0 saturated carbocycles. The van der Waals surface area contributed by atoms with Crippen LogP contribution >= 0.6 is 0 Å². The zero-order chi connectivity index (χ0) is 18.0. The highest BCUT2D eigenvalue weighted by molar-refractivity contribution is 5.68. The molecule has 0 aliphatic carbocycles. The summed E-state index contributed by atoms with van der Waals surface area (Å²) in [6.07, 6.45) is -3.04. The average molecular weight is 347 g/mol. The Morgan fingerprint density at radius 2 is 1.72 bits per heavy atom. The summed E-state index contributed by atoms with van der Waals surface area (Å²) in [5, 5.41) is 4.53. The molecule has 0 radical (unpaired) electrons. The van der Waals surface area contributed by atoms with E-state index in [9.17, 15) is 13.2 Å². The topological polar surface area (TPSA) is 39.9 Å². The lowest BCUT2D eigenvalue weighted by Crippen LogP contribution is -2.16. The van der Waals surface area contributed by atoms with Crippen molar-refractivity contribution < 1.29 is 17.9 Å². The third-order valence-electron chi connectivity index (χ3n) is 3.72. The number of alkyl halides is 3. The Bertz CT molecular complexity index is 870. The standard InChI is InChI=1S/C18H16F3N3O/c1-3-24-12(2)10-17(23-24)14-8-9-22-16(11-14)13-4-6-15(7-5-13)25-18(19,20)21/h4-11H,3H2,1-2H3. The van der Waals surface area contributed by atoms with Gasteiger partial charge in [0.1, 0.15) is 5.75 Å². The number of nitrogens with zero attached hydrogens (tertiary/aromatic N) is 3. The highest BCUT2D eigenvalue weighted by atomic mass is 19.4. The van der Waals surface area contributed by atoms with Crippen molar-refractivity contribution in [2.24, 2.45) is 0 Å². The molecule has 0 aliphatic heterocycles. The summed E-state index contributed by atoms with van der Waals surface area (Å²) in [6.45, 7) is 4.79. The average Bonchev–Trinajstić information content (AvgIpc) is 2.95. The quantitative estimate of drug-likeness (QED) is 0.678. The van der Waals surface area contributed by atoms with Gasteiger partial charge in [-0.15, -0.1) is 13.2 Å². The van der Waals surface area contributed by atoms with Crippen LogP contribution in [-0.4, -0.2) is 21.1 Å². The number of hydrogen-bond acceptors (Lipinski definition) is 3. The molecule has 4 nitrogen and oxygen atoms in total. The van der Waals surface area contributed by atoms with E-state index in [0.717, 1.165) is 23.5 Å². The lowest BCUT2D eigenvalue weighted by Gasteiger charge is -2.09. The van der Waals surface area contributed by atoms with Gasteiger partial charge in [-0.25, -0.2) is 0 Å². The van der Waals surface area contributed by atoms with Crippen molar-refractivity contribution in [1.82, 2.24) is 14.8 Å². The second kappa shape index (κ2) is 6.58. The first-order valence-electron chi connectivity index (χ1n) is 7.73. The van der Waals surface area contributed by atoms with Crippen LogP contribution in [0.15, 0.2) is 48.7 Å². The van der Waals surface area contributed by atoms with Gasteiger partial charge in [0, 0.05) is 29.6 Å². The Morgan fingerprint density at radius 3 is 2.32 bits per heavy atom. The van der Waals surface area contributed by atoms with Gasteiger partial charge in [-0.3, -0.25) is 9.67 Å². The second-order valence-corrected chi connectivity index (χ2v) is 5.49. The van der Waals surface area contributed by atoms with Crippen molar-refractivity contribution in [3.8, 4) is 28.3 Å². The smallest absolute Gasteiger partial charge is 0.406 e. The molecule has 0 aliphatic rings. The maximum absolute atomic E-state index is 12.2. The predicted molar refractivity (Wildman–Crippen MR) is 88.0 cm³/mol. The maximum Gasteiger partial charge on any atom is 0.573 e. The molecule has 3 rings (SSSR count). The molecule has 0 saturated heterocycles. The van der Waals surface area contributed by atoms with Crippen LogP contribution < -0.4 is 4.74 Å². The van der Waals surface area contributed by atoms with Crippen LogP contribution in [0, 0.1) is 6.92 Å². The van der Waals surface area contributed by atoms with Crippen LogP contribution in [0.25, 0.3) is 22.5 Å². The Morgan fingerprint density at radius 1 is 1.00 bits per heavy atom. The molecule has 0 atom stereocenters. The van der Waals surface area contributed by atoms with E-state index in [4.69, 9.17) is 0 Å². The fraction of sp³-hybridized carbons (Fsp3) is 0.222. The molecule has 3 aromatic rings.